The van der Waals surface area contributed by atoms with Gasteiger partial charge in [0.25, 0.3) is 0 Å². The van der Waals surface area contributed by atoms with E-state index in [2.05, 4.69) is 9.97 Å². The van der Waals surface area contributed by atoms with E-state index in [0.717, 1.165) is 12.4 Å². The van der Waals surface area contributed by atoms with Crippen LogP contribution in [-0.4, -0.2) is 33.4 Å². The Morgan fingerprint density at radius 2 is 1.86 bits per heavy atom. The molecule has 3 aromatic rings. The third-order valence-electron chi connectivity index (χ3n) is 4.07. The summed E-state index contributed by atoms with van der Waals surface area (Å²) in [5.74, 6) is -3.26. The Morgan fingerprint density at radius 1 is 1.14 bits per heavy atom. The van der Waals surface area contributed by atoms with Crippen molar-refractivity contribution < 1.29 is 28.2 Å². The number of esters is 1. The van der Waals surface area contributed by atoms with Crippen LogP contribution in [-0.2, 0) is 9.53 Å². The van der Waals surface area contributed by atoms with Gasteiger partial charge in [-0.05, 0) is 13.0 Å². The lowest BCUT2D eigenvalue weighted by atomic mass is 10.0. The van der Waals surface area contributed by atoms with Crippen LogP contribution in [0.1, 0.15) is 30.3 Å². The van der Waals surface area contributed by atoms with Crippen molar-refractivity contribution in [2.24, 2.45) is 0 Å². The van der Waals surface area contributed by atoms with Gasteiger partial charge in [-0.1, -0.05) is 18.2 Å². The topological polar surface area (TPSA) is 89.4 Å². The Bertz CT molecular complexity index is 1050. The Hall–Kier alpha value is -3.42. The second-order valence-corrected chi connectivity index (χ2v) is 5.94. The number of carbonyl (C=O) groups is 2. The maximum atomic E-state index is 14.2. The molecule has 0 aliphatic carbocycles. The van der Waals surface area contributed by atoms with Gasteiger partial charge in [-0.15, -0.1) is 0 Å². The Balaban J connectivity index is 2.06. The minimum Gasteiger partial charge on any atom is -0.506 e. The molecule has 0 fully saturated rings. The summed E-state index contributed by atoms with van der Waals surface area (Å²) in [4.78, 5) is 31.5. The van der Waals surface area contributed by atoms with Crippen molar-refractivity contribution in [1.29, 1.82) is 0 Å². The van der Waals surface area contributed by atoms with Gasteiger partial charge in [0.05, 0.1) is 36.5 Å². The molecule has 0 saturated carbocycles. The number of aromatic nitrogens is 2. The van der Waals surface area contributed by atoms with Gasteiger partial charge in [0, 0.05) is 17.4 Å². The fourth-order valence-corrected chi connectivity index (χ4v) is 2.83. The molecule has 1 aromatic carbocycles. The average molecular weight is 386 g/mol. The molecule has 3 rings (SSSR count). The van der Waals surface area contributed by atoms with Gasteiger partial charge < -0.3 is 9.84 Å². The van der Waals surface area contributed by atoms with Crippen LogP contribution in [0.5, 0.6) is 5.75 Å². The van der Waals surface area contributed by atoms with Crippen LogP contribution in [0.4, 0.5) is 8.78 Å². The molecule has 0 unspecified atom stereocenters. The van der Waals surface area contributed by atoms with Crippen LogP contribution in [0.2, 0.25) is 0 Å². The van der Waals surface area contributed by atoms with E-state index < -0.39 is 23.4 Å². The number of carbonyl (C=O) groups excluding carboxylic acids is 2. The molecule has 0 aliphatic heterocycles. The number of fused-ring (bicyclic) bond motifs is 1. The lowest BCUT2D eigenvalue weighted by Crippen LogP contribution is -2.09. The number of rotatable bonds is 6. The number of nitrogens with zero attached hydrogens (tertiary/aromatic N) is 2. The van der Waals surface area contributed by atoms with Crippen LogP contribution in [0.3, 0.4) is 0 Å². The van der Waals surface area contributed by atoms with E-state index in [1.165, 1.54) is 12.1 Å². The van der Waals surface area contributed by atoms with Gasteiger partial charge in [0.15, 0.2) is 17.4 Å². The Labute approximate surface area is 158 Å². The molecule has 0 amide bonds. The van der Waals surface area contributed by atoms with Gasteiger partial charge in [-0.2, -0.15) is 0 Å². The highest BCUT2D eigenvalue weighted by molar-refractivity contribution is 6.02. The Morgan fingerprint density at radius 3 is 2.54 bits per heavy atom. The van der Waals surface area contributed by atoms with Crippen molar-refractivity contribution in [3.8, 4) is 16.9 Å². The van der Waals surface area contributed by atoms with E-state index in [1.54, 1.807) is 19.1 Å². The molecule has 0 atom stereocenters. The summed E-state index contributed by atoms with van der Waals surface area (Å²) in [6.07, 6.45) is 1.37. The van der Waals surface area contributed by atoms with Crippen LogP contribution < -0.4 is 0 Å². The molecule has 0 saturated heterocycles. The number of para-hydroxylation sites is 1. The van der Waals surface area contributed by atoms with E-state index in [4.69, 9.17) is 4.74 Å². The lowest BCUT2D eigenvalue weighted by Gasteiger charge is -2.11. The molecule has 0 aliphatic rings. The largest absolute Gasteiger partial charge is 0.506 e. The summed E-state index contributed by atoms with van der Waals surface area (Å²) in [7, 11) is 0. The van der Waals surface area contributed by atoms with Crippen molar-refractivity contribution in [1.82, 2.24) is 9.97 Å². The van der Waals surface area contributed by atoms with Crippen LogP contribution in [0, 0.1) is 11.6 Å². The van der Waals surface area contributed by atoms with Crippen molar-refractivity contribution in [3.63, 3.8) is 0 Å². The molecule has 6 nitrogen and oxygen atoms in total. The minimum atomic E-state index is -0.877. The van der Waals surface area contributed by atoms with E-state index >= 15 is 0 Å². The number of hydrogen-bond acceptors (Lipinski definition) is 6. The van der Waals surface area contributed by atoms with Gasteiger partial charge in [-0.3, -0.25) is 14.6 Å². The van der Waals surface area contributed by atoms with E-state index in [-0.39, 0.29) is 47.5 Å². The third-order valence-corrected chi connectivity index (χ3v) is 4.07. The number of aromatic hydroxyl groups is 1. The molecule has 1 N–H and O–H groups in total. The predicted molar refractivity (Wildman–Crippen MR) is 96.8 cm³/mol. The summed E-state index contributed by atoms with van der Waals surface area (Å²) >= 11 is 0. The van der Waals surface area contributed by atoms with Crippen molar-refractivity contribution in [2.75, 3.05) is 6.61 Å². The van der Waals surface area contributed by atoms with E-state index in [1.807, 2.05) is 0 Å². The molecule has 0 bridgehead atoms. The number of pyridine rings is 2. The van der Waals surface area contributed by atoms with Crippen molar-refractivity contribution in [3.05, 3.63) is 54.0 Å². The molecule has 2 aromatic heterocycles. The number of ketones is 1. The zero-order valence-electron chi connectivity index (χ0n) is 14.9. The summed E-state index contributed by atoms with van der Waals surface area (Å²) in [6, 6.07) is 5.90. The fraction of sp³-hybridized carbons (Fsp3) is 0.200. The number of hydrogen-bond donors (Lipinski definition) is 1. The molecule has 2 heterocycles. The second kappa shape index (κ2) is 8.08. The van der Waals surface area contributed by atoms with E-state index in [0.29, 0.717) is 5.39 Å². The first-order valence-corrected chi connectivity index (χ1v) is 8.53. The van der Waals surface area contributed by atoms with Gasteiger partial charge in [0.1, 0.15) is 11.4 Å². The third kappa shape index (κ3) is 3.80. The molecule has 144 valence electrons. The normalized spacial score (nSPS) is 10.8. The van der Waals surface area contributed by atoms with E-state index in [9.17, 15) is 23.5 Å². The number of Topliss-reactive ketones (excluding diaryl/α,β-unsaturated/α-hetero) is 1. The molecular formula is C20H16F2N2O4. The standard InChI is InChI=1S/C20H16F2N2O4/c1-2-28-17(27)7-6-15(25)20-16(26)8-11-4-3-5-12(19(11)24-20)18-13(21)9-23-10-14(18)22/h3-5,8-10,26H,2,6-7H2,1H3. The summed E-state index contributed by atoms with van der Waals surface area (Å²) in [5, 5.41) is 10.6. The molecular weight excluding hydrogens is 370 g/mol. The lowest BCUT2D eigenvalue weighted by molar-refractivity contribution is -0.143. The minimum absolute atomic E-state index is 0.120. The summed E-state index contributed by atoms with van der Waals surface area (Å²) < 4.78 is 33.1. The highest BCUT2D eigenvalue weighted by Gasteiger charge is 2.20. The molecule has 0 radical (unpaired) electrons. The number of halogens is 2. The molecule has 8 heteroatoms. The highest BCUT2D eigenvalue weighted by atomic mass is 19.1. The van der Waals surface area contributed by atoms with Crippen molar-refractivity contribution in [2.45, 2.75) is 19.8 Å². The fourth-order valence-electron chi connectivity index (χ4n) is 2.83. The van der Waals surface area contributed by atoms with Gasteiger partial charge in [0.2, 0.25) is 0 Å². The predicted octanol–water partition coefficient (Wildman–Crippen LogP) is 3.81. The number of benzene rings is 1. The highest BCUT2D eigenvalue weighted by Crippen LogP contribution is 2.33. The van der Waals surface area contributed by atoms with Crippen LogP contribution in [0.15, 0.2) is 36.7 Å². The van der Waals surface area contributed by atoms with Gasteiger partial charge >= 0.3 is 5.97 Å². The first kappa shape index (κ1) is 19.3. The maximum Gasteiger partial charge on any atom is 0.306 e. The zero-order chi connectivity index (χ0) is 20.3. The van der Waals surface area contributed by atoms with Gasteiger partial charge in [-0.25, -0.2) is 13.8 Å². The monoisotopic (exact) mass is 386 g/mol. The molecule has 28 heavy (non-hydrogen) atoms. The summed E-state index contributed by atoms with van der Waals surface area (Å²) in [6.45, 7) is 1.84. The first-order chi connectivity index (χ1) is 13.4. The Kier molecular flexibility index (Phi) is 5.58. The van der Waals surface area contributed by atoms with Crippen LogP contribution in [0.25, 0.3) is 22.0 Å². The first-order valence-electron chi connectivity index (χ1n) is 8.53. The zero-order valence-corrected chi connectivity index (χ0v) is 14.9. The SMILES string of the molecule is CCOC(=O)CCC(=O)c1nc2c(-c3c(F)cncc3F)cccc2cc1O. The maximum absolute atomic E-state index is 14.2. The average Bonchev–Trinajstić information content (AvgIpc) is 2.65. The quantitative estimate of drug-likeness (QED) is 0.512. The second-order valence-electron chi connectivity index (χ2n) is 5.94. The summed E-state index contributed by atoms with van der Waals surface area (Å²) in [5.41, 5.74) is -0.346. The smallest absolute Gasteiger partial charge is 0.306 e. The molecule has 0 spiro atoms. The van der Waals surface area contributed by atoms with Crippen LogP contribution >= 0.6 is 0 Å². The van der Waals surface area contributed by atoms with Crippen molar-refractivity contribution >= 4 is 22.7 Å². The number of ether oxygens (including phenoxy) is 1.